The molecule has 1 N–H and O–H groups in total. The van der Waals surface area contributed by atoms with Crippen LogP contribution in [0.15, 0.2) is 36.9 Å². The maximum atomic E-state index is 10.2. The van der Waals surface area contributed by atoms with Crippen LogP contribution >= 0.6 is 11.6 Å². The molecule has 1 rings (SSSR count). The quantitative estimate of drug-likeness (QED) is 0.791. The van der Waals surface area contributed by atoms with Crippen molar-refractivity contribution >= 4 is 11.6 Å². The molecule has 2 heteroatoms. The van der Waals surface area contributed by atoms with Crippen LogP contribution in [-0.4, -0.2) is 10.7 Å². The Balaban J connectivity index is 2.92. The molecule has 0 saturated heterocycles. The molecule has 0 spiro atoms. The highest BCUT2D eigenvalue weighted by Crippen LogP contribution is 2.35. The van der Waals surface area contributed by atoms with E-state index in [1.807, 2.05) is 38.1 Å². The van der Waals surface area contributed by atoms with Gasteiger partial charge in [0.25, 0.3) is 0 Å². The molecule has 1 atom stereocenters. The Labute approximate surface area is 103 Å². The lowest BCUT2D eigenvalue weighted by atomic mass is 9.72. The van der Waals surface area contributed by atoms with Crippen LogP contribution in [0.25, 0.3) is 0 Å². The number of hydrogen-bond donors (Lipinski definition) is 1. The molecule has 1 unspecified atom stereocenters. The molecule has 0 aliphatic rings. The van der Waals surface area contributed by atoms with Crippen LogP contribution in [0.2, 0.25) is 5.02 Å². The SMILES string of the molecule is C=CC(C)(O)C(C)(C)Cc1cccc(Cl)c1. The smallest absolute Gasteiger partial charge is 0.0850 e. The van der Waals surface area contributed by atoms with Gasteiger partial charge >= 0.3 is 0 Å². The van der Waals surface area contributed by atoms with Gasteiger partial charge in [-0.15, -0.1) is 6.58 Å². The second kappa shape index (κ2) is 4.60. The summed E-state index contributed by atoms with van der Waals surface area (Å²) in [6.45, 7) is 9.51. The van der Waals surface area contributed by atoms with E-state index in [1.54, 1.807) is 13.0 Å². The predicted octanol–water partition coefficient (Wildman–Crippen LogP) is 3.85. The number of hydrogen-bond acceptors (Lipinski definition) is 1. The molecule has 88 valence electrons. The Morgan fingerprint density at radius 3 is 2.50 bits per heavy atom. The van der Waals surface area contributed by atoms with Gasteiger partial charge in [-0.1, -0.05) is 43.7 Å². The van der Waals surface area contributed by atoms with E-state index >= 15 is 0 Å². The number of halogens is 1. The topological polar surface area (TPSA) is 20.2 Å². The first-order valence-corrected chi connectivity index (χ1v) is 5.77. The molecule has 0 fully saturated rings. The summed E-state index contributed by atoms with van der Waals surface area (Å²) in [6.07, 6.45) is 2.35. The standard InChI is InChI=1S/C14H19ClO/c1-5-14(4,16)13(2,3)10-11-7-6-8-12(15)9-11/h5-9,16H,1,10H2,2-4H3. The van der Waals surface area contributed by atoms with Crippen LogP contribution in [0.5, 0.6) is 0 Å². The van der Waals surface area contributed by atoms with E-state index in [0.29, 0.717) is 0 Å². The Bertz CT molecular complexity index is 380. The third-order valence-electron chi connectivity index (χ3n) is 3.30. The zero-order valence-electron chi connectivity index (χ0n) is 10.1. The first-order valence-electron chi connectivity index (χ1n) is 5.39. The highest BCUT2D eigenvalue weighted by atomic mass is 35.5. The van der Waals surface area contributed by atoms with Crippen molar-refractivity contribution in [2.24, 2.45) is 5.41 Å². The van der Waals surface area contributed by atoms with Crippen LogP contribution in [0.1, 0.15) is 26.3 Å². The van der Waals surface area contributed by atoms with Gasteiger partial charge in [0.2, 0.25) is 0 Å². The van der Waals surface area contributed by atoms with Gasteiger partial charge in [-0.3, -0.25) is 0 Å². The summed E-state index contributed by atoms with van der Waals surface area (Å²) in [6, 6.07) is 7.73. The van der Waals surface area contributed by atoms with Crippen molar-refractivity contribution in [3.05, 3.63) is 47.5 Å². The maximum absolute atomic E-state index is 10.2. The van der Waals surface area contributed by atoms with Crippen LogP contribution in [-0.2, 0) is 6.42 Å². The Morgan fingerprint density at radius 1 is 1.38 bits per heavy atom. The summed E-state index contributed by atoms with van der Waals surface area (Å²) in [4.78, 5) is 0. The van der Waals surface area contributed by atoms with Crippen molar-refractivity contribution in [3.63, 3.8) is 0 Å². The van der Waals surface area contributed by atoms with Gasteiger partial charge in [0.05, 0.1) is 5.60 Å². The third-order valence-corrected chi connectivity index (χ3v) is 3.54. The van der Waals surface area contributed by atoms with E-state index in [2.05, 4.69) is 6.58 Å². The fraction of sp³-hybridized carbons (Fsp3) is 0.429. The zero-order valence-corrected chi connectivity index (χ0v) is 10.9. The molecule has 0 aliphatic carbocycles. The fourth-order valence-corrected chi connectivity index (χ4v) is 1.83. The molecule has 1 aromatic carbocycles. The second-order valence-electron chi connectivity index (χ2n) is 5.04. The van der Waals surface area contributed by atoms with Gasteiger partial charge in [-0.2, -0.15) is 0 Å². The normalized spacial score (nSPS) is 15.6. The third kappa shape index (κ3) is 2.87. The monoisotopic (exact) mass is 238 g/mol. The maximum Gasteiger partial charge on any atom is 0.0850 e. The van der Waals surface area contributed by atoms with Crippen molar-refractivity contribution in [1.29, 1.82) is 0 Å². The predicted molar refractivity (Wildman–Crippen MR) is 69.8 cm³/mol. The minimum absolute atomic E-state index is 0.278. The zero-order chi connectivity index (χ0) is 12.4. The minimum Gasteiger partial charge on any atom is -0.386 e. The lowest BCUT2D eigenvalue weighted by Crippen LogP contribution is -2.41. The summed E-state index contributed by atoms with van der Waals surface area (Å²) in [7, 11) is 0. The Kier molecular flexibility index (Phi) is 3.82. The van der Waals surface area contributed by atoms with Crippen LogP contribution in [0.3, 0.4) is 0 Å². The van der Waals surface area contributed by atoms with E-state index in [0.717, 1.165) is 17.0 Å². The molecule has 0 aliphatic heterocycles. The van der Waals surface area contributed by atoms with Gasteiger partial charge in [0, 0.05) is 10.4 Å². The lowest BCUT2D eigenvalue weighted by molar-refractivity contribution is -0.00741. The van der Waals surface area contributed by atoms with Gasteiger partial charge in [0.15, 0.2) is 0 Å². The summed E-state index contributed by atoms with van der Waals surface area (Å²) in [5, 5.41) is 11.0. The Morgan fingerprint density at radius 2 is 2.00 bits per heavy atom. The first-order chi connectivity index (χ1) is 7.28. The summed E-state index contributed by atoms with van der Waals surface area (Å²) < 4.78 is 0. The molecule has 1 nitrogen and oxygen atoms in total. The van der Waals surface area contributed by atoms with Crippen LogP contribution in [0, 0.1) is 5.41 Å². The van der Waals surface area contributed by atoms with Crippen LogP contribution < -0.4 is 0 Å². The van der Waals surface area contributed by atoms with Gasteiger partial charge in [0.1, 0.15) is 0 Å². The number of aliphatic hydroxyl groups is 1. The van der Waals surface area contributed by atoms with Gasteiger partial charge in [-0.05, 0) is 31.0 Å². The molecule has 0 bridgehead atoms. The van der Waals surface area contributed by atoms with Crippen molar-refractivity contribution in [3.8, 4) is 0 Å². The summed E-state index contributed by atoms with van der Waals surface area (Å²) >= 11 is 5.94. The molecule has 1 aromatic rings. The summed E-state index contributed by atoms with van der Waals surface area (Å²) in [5.74, 6) is 0. The molecule has 0 heterocycles. The van der Waals surface area contributed by atoms with E-state index in [-0.39, 0.29) is 5.41 Å². The molecular formula is C14H19ClO. The number of rotatable bonds is 4. The first kappa shape index (κ1) is 13.3. The van der Waals surface area contributed by atoms with E-state index < -0.39 is 5.60 Å². The molecular weight excluding hydrogens is 220 g/mol. The van der Waals surface area contributed by atoms with Gasteiger partial charge < -0.3 is 5.11 Å². The molecule has 0 aromatic heterocycles. The van der Waals surface area contributed by atoms with E-state index in [4.69, 9.17) is 11.6 Å². The van der Waals surface area contributed by atoms with Crippen molar-refractivity contribution in [2.75, 3.05) is 0 Å². The fourth-order valence-electron chi connectivity index (χ4n) is 1.61. The average molecular weight is 239 g/mol. The molecule has 0 amide bonds. The number of benzene rings is 1. The van der Waals surface area contributed by atoms with E-state index in [1.165, 1.54) is 0 Å². The molecule has 0 saturated carbocycles. The molecule has 0 radical (unpaired) electrons. The minimum atomic E-state index is -0.894. The lowest BCUT2D eigenvalue weighted by Gasteiger charge is -2.38. The average Bonchev–Trinajstić information content (AvgIpc) is 2.16. The molecule has 16 heavy (non-hydrogen) atoms. The highest BCUT2D eigenvalue weighted by Gasteiger charge is 2.36. The summed E-state index contributed by atoms with van der Waals surface area (Å²) in [5.41, 5.74) is -0.0472. The van der Waals surface area contributed by atoms with E-state index in [9.17, 15) is 5.11 Å². The highest BCUT2D eigenvalue weighted by molar-refractivity contribution is 6.30. The van der Waals surface area contributed by atoms with Crippen molar-refractivity contribution < 1.29 is 5.11 Å². The van der Waals surface area contributed by atoms with Gasteiger partial charge in [-0.25, -0.2) is 0 Å². The largest absolute Gasteiger partial charge is 0.386 e. The van der Waals surface area contributed by atoms with Crippen molar-refractivity contribution in [1.82, 2.24) is 0 Å². The van der Waals surface area contributed by atoms with Crippen molar-refractivity contribution in [2.45, 2.75) is 32.8 Å². The Hall–Kier alpha value is -0.790. The van der Waals surface area contributed by atoms with Crippen LogP contribution in [0.4, 0.5) is 0 Å². The second-order valence-corrected chi connectivity index (χ2v) is 5.48.